The van der Waals surface area contributed by atoms with E-state index in [1.165, 1.54) is 6.20 Å². The Kier molecular flexibility index (Phi) is 8.36. The predicted octanol–water partition coefficient (Wildman–Crippen LogP) is 5.24. The van der Waals surface area contributed by atoms with Crippen molar-refractivity contribution in [3.8, 4) is 17.6 Å². The highest BCUT2D eigenvalue weighted by Crippen LogP contribution is 2.38. The molecule has 0 radical (unpaired) electrons. The highest BCUT2D eigenvalue weighted by atomic mass is 35.5. The maximum Gasteiger partial charge on any atom is 0.155 e. The van der Waals surface area contributed by atoms with Gasteiger partial charge in [-0.05, 0) is 47.9 Å². The van der Waals surface area contributed by atoms with Crippen molar-refractivity contribution >= 4 is 21.4 Å². The summed E-state index contributed by atoms with van der Waals surface area (Å²) < 4.78 is 34.5. The van der Waals surface area contributed by atoms with Crippen LogP contribution < -0.4 is 9.47 Å². The molecule has 0 atom stereocenters. The van der Waals surface area contributed by atoms with E-state index in [0.29, 0.717) is 34.4 Å². The van der Waals surface area contributed by atoms with Crippen LogP contribution >= 0.6 is 11.6 Å². The van der Waals surface area contributed by atoms with Gasteiger partial charge in [0.2, 0.25) is 0 Å². The fourth-order valence-electron chi connectivity index (χ4n) is 3.51. The molecular weight excluding hydrogens is 486 g/mol. The molecule has 0 fully saturated rings. The molecule has 9 heteroatoms. The lowest BCUT2D eigenvalue weighted by molar-refractivity contribution is 0.300. The van der Waals surface area contributed by atoms with Crippen LogP contribution in [0.5, 0.6) is 11.5 Å². The van der Waals surface area contributed by atoms with E-state index in [4.69, 9.17) is 21.1 Å². The Morgan fingerprint density at radius 1 is 1.09 bits per heavy atom. The van der Waals surface area contributed by atoms with Crippen molar-refractivity contribution in [2.45, 2.75) is 45.0 Å². The summed E-state index contributed by atoms with van der Waals surface area (Å²) in [6.07, 6.45) is 3.49. The van der Waals surface area contributed by atoms with Crippen molar-refractivity contribution in [1.82, 2.24) is 9.97 Å². The van der Waals surface area contributed by atoms with Gasteiger partial charge >= 0.3 is 0 Å². The van der Waals surface area contributed by atoms with E-state index in [-0.39, 0.29) is 18.2 Å². The van der Waals surface area contributed by atoms with Crippen molar-refractivity contribution < 1.29 is 17.9 Å². The number of benzene rings is 2. The molecule has 3 aromatic rings. The molecular formula is C26H28ClN3O4S. The molecule has 3 rings (SSSR count). The fraction of sp³-hybridized carbons (Fsp3) is 0.346. The Labute approximate surface area is 211 Å². The van der Waals surface area contributed by atoms with Gasteiger partial charge in [-0.1, -0.05) is 44.5 Å². The van der Waals surface area contributed by atoms with Gasteiger partial charge in [0.15, 0.2) is 15.6 Å². The summed E-state index contributed by atoms with van der Waals surface area (Å²) in [5, 5.41) is 10.0. The van der Waals surface area contributed by atoms with E-state index in [0.717, 1.165) is 23.8 Å². The van der Waals surface area contributed by atoms with Gasteiger partial charge in [0.1, 0.15) is 30.0 Å². The third-order valence-corrected chi connectivity index (χ3v) is 6.52. The molecule has 0 saturated carbocycles. The van der Waals surface area contributed by atoms with Crippen LogP contribution in [0.25, 0.3) is 0 Å². The summed E-state index contributed by atoms with van der Waals surface area (Å²) in [6, 6.07) is 15.2. The maximum absolute atomic E-state index is 11.5. The maximum atomic E-state index is 11.5. The SMILES string of the molecule is CCCOc1c(Cl)cc(C(C)(C)c2ccc(OCc3ccnc(CS(C)(=O)=O)n3)cc2)cc1C#N. The molecule has 0 spiro atoms. The van der Waals surface area contributed by atoms with Crippen molar-refractivity contribution in [2.75, 3.05) is 12.9 Å². The summed E-state index contributed by atoms with van der Waals surface area (Å²) in [4.78, 5) is 8.26. The number of hydrogen-bond acceptors (Lipinski definition) is 7. The number of nitrogens with zero attached hydrogens (tertiary/aromatic N) is 3. The molecule has 1 heterocycles. The second-order valence-electron chi connectivity index (χ2n) is 8.77. The van der Waals surface area contributed by atoms with Gasteiger partial charge in [0.05, 0.1) is 22.9 Å². The number of nitriles is 1. The number of sulfone groups is 1. The van der Waals surface area contributed by atoms with Crippen LogP contribution in [-0.4, -0.2) is 31.2 Å². The van der Waals surface area contributed by atoms with Crippen LogP contribution in [-0.2, 0) is 27.6 Å². The van der Waals surface area contributed by atoms with Crippen LogP contribution in [0.3, 0.4) is 0 Å². The normalized spacial score (nSPS) is 11.7. The number of ether oxygens (including phenoxy) is 2. The lowest BCUT2D eigenvalue weighted by Crippen LogP contribution is -2.19. The van der Waals surface area contributed by atoms with Gasteiger partial charge in [-0.3, -0.25) is 0 Å². The highest BCUT2D eigenvalue weighted by molar-refractivity contribution is 7.89. The minimum Gasteiger partial charge on any atom is -0.491 e. The Morgan fingerprint density at radius 2 is 1.80 bits per heavy atom. The zero-order chi connectivity index (χ0) is 25.6. The molecule has 7 nitrogen and oxygen atoms in total. The fourth-order valence-corrected chi connectivity index (χ4v) is 4.39. The number of hydrogen-bond donors (Lipinski definition) is 0. The van der Waals surface area contributed by atoms with Crippen LogP contribution in [0.4, 0.5) is 0 Å². The molecule has 0 amide bonds. The number of rotatable bonds is 10. The van der Waals surface area contributed by atoms with E-state index in [9.17, 15) is 13.7 Å². The number of aromatic nitrogens is 2. The first-order chi connectivity index (χ1) is 16.5. The molecule has 0 aliphatic carbocycles. The van der Waals surface area contributed by atoms with Crippen molar-refractivity contribution in [3.63, 3.8) is 0 Å². The summed E-state index contributed by atoms with van der Waals surface area (Å²) in [5.74, 6) is 1.09. The molecule has 0 aliphatic rings. The second kappa shape index (κ2) is 11.1. The van der Waals surface area contributed by atoms with E-state index >= 15 is 0 Å². The predicted molar refractivity (Wildman–Crippen MR) is 135 cm³/mol. The van der Waals surface area contributed by atoms with Gasteiger partial charge in [0, 0.05) is 17.9 Å². The molecule has 1 aromatic heterocycles. The standard InChI is InChI=1S/C26H28ClN3O4S/c1-5-12-33-25-18(15-28)13-20(14-23(25)27)26(2,3)19-6-8-22(9-7-19)34-16-21-10-11-29-24(30-21)17-35(4,31)32/h6-11,13-14H,5,12,16-17H2,1-4H3. The van der Waals surface area contributed by atoms with Crippen LogP contribution in [0, 0.1) is 11.3 Å². The third kappa shape index (κ3) is 6.93. The average Bonchev–Trinajstić information content (AvgIpc) is 2.81. The molecule has 0 saturated heterocycles. The lowest BCUT2D eigenvalue weighted by Gasteiger charge is -2.27. The second-order valence-corrected chi connectivity index (χ2v) is 11.3. The minimum absolute atomic E-state index is 0.183. The minimum atomic E-state index is -3.22. The Bertz CT molecular complexity index is 1330. The van der Waals surface area contributed by atoms with Crippen molar-refractivity contribution in [1.29, 1.82) is 5.26 Å². The molecule has 184 valence electrons. The van der Waals surface area contributed by atoms with E-state index in [2.05, 4.69) is 29.9 Å². The summed E-state index contributed by atoms with van der Waals surface area (Å²) in [6.45, 7) is 6.79. The molecule has 0 N–H and O–H groups in total. The first-order valence-corrected chi connectivity index (χ1v) is 13.6. The third-order valence-electron chi connectivity index (χ3n) is 5.45. The average molecular weight is 514 g/mol. The first-order valence-electron chi connectivity index (χ1n) is 11.1. The van der Waals surface area contributed by atoms with E-state index in [1.807, 2.05) is 43.3 Å². The smallest absolute Gasteiger partial charge is 0.155 e. The molecule has 0 bridgehead atoms. The van der Waals surface area contributed by atoms with Crippen molar-refractivity contribution in [3.05, 3.63) is 81.9 Å². The quantitative estimate of drug-likeness (QED) is 0.365. The summed E-state index contributed by atoms with van der Waals surface area (Å²) in [7, 11) is -3.22. The Hall–Kier alpha value is -3.15. The van der Waals surface area contributed by atoms with E-state index < -0.39 is 15.3 Å². The molecule has 35 heavy (non-hydrogen) atoms. The van der Waals surface area contributed by atoms with Crippen LogP contribution in [0.15, 0.2) is 48.7 Å². The van der Waals surface area contributed by atoms with Gasteiger partial charge in [-0.15, -0.1) is 0 Å². The molecule has 2 aromatic carbocycles. The van der Waals surface area contributed by atoms with Gasteiger partial charge in [-0.25, -0.2) is 18.4 Å². The van der Waals surface area contributed by atoms with Crippen molar-refractivity contribution in [2.24, 2.45) is 0 Å². The summed E-state index contributed by atoms with van der Waals surface area (Å²) in [5.41, 5.74) is 2.49. The zero-order valence-electron chi connectivity index (χ0n) is 20.2. The lowest BCUT2D eigenvalue weighted by atomic mass is 9.77. The van der Waals surface area contributed by atoms with Gasteiger partial charge in [-0.2, -0.15) is 5.26 Å². The van der Waals surface area contributed by atoms with E-state index in [1.54, 1.807) is 6.07 Å². The monoisotopic (exact) mass is 513 g/mol. The van der Waals surface area contributed by atoms with Gasteiger partial charge < -0.3 is 9.47 Å². The number of halogens is 1. The van der Waals surface area contributed by atoms with Crippen LogP contribution in [0.1, 0.15) is 55.4 Å². The van der Waals surface area contributed by atoms with Crippen LogP contribution in [0.2, 0.25) is 5.02 Å². The summed E-state index contributed by atoms with van der Waals surface area (Å²) >= 11 is 6.47. The zero-order valence-corrected chi connectivity index (χ0v) is 21.8. The Balaban J connectivity index is 1.75. The highest BCUT2D eigenvalue weighted by Gasteiger charge is 2.26. The Morgan fingerprint density at radius 3 is 2.43 bits per heavy atom. The first kappa shape index (κ1) is 26.5. The topological polar surface area (TPSA) is 102 Å². The van der Waals surface area contributed by atoms with Gasteiger partial charge in [0.25, 0.3) is 0 Å². The largest absolute Gasteiger partial charge is 0.491 e. The molecule has 0 unspecified atom stereocenters. The molecule has 0 aliphatic heterocycles.